The van der Waals surface area contributed by atoms with Crippen molar-refractivity contribution in [1.82, 2.24) is 10.2 Å². The molecule has 22 heavy (non-hydrogen) atoms. The second kappa shape index (κ2) is 5.61. The normalized spacial score (nSPS) is 12.7. The maximum atomic E-state index is 10.2. The molecule has 0 atom stereocenters. The van der Waals surface area contributed by atoms with E-state index in [-0.39, 0.29) is 16.6 Å². The Bertz CT molecular complexity index is 644. The molecule has 1 aromatic carbocycles. The Morgan fingerprint density at radius 2 is 1.45 bits per heavy atom. The lowest BCUT2D eigenvalue weighted by molar-refractivity contribution is 0.455. The van der Waals surface area contributed by atoms with Crippen molar-refractivity contribution >= 4 is 11.8 Å². The summed E-state index contributed by atoms with van der Waals surface area (Å²) in [5.41, 5.74) is 2.65. The monoisotopic (exact) mass is 320 g/mol. The van der Waals surface area contributed by atoms with Crippen LogP contribution in [-0.2, 0) is 10.8 Å². The third kappa shape index (κ3) is 3.29. The summed E-state index contributed by atoms with van der Waals surface area (Å²) in [5, 5.41) is 19.0. The largest absolute Gasteiger partial charge is 0.508 e. The highest BCUT2D eigenvalue weighted by Gasteiger charge is 2.30. The van der Waals surface area contributed by atoms with Crippen LogP contribution in [0.15, 0.2) is 21.8 Å². The van der Waals surface area contributed by atoms with Crippen LogP contribution in [0.5, 0.6) is 5.75 Å². The van der Waals surface area contributed by atoms with Crippen molar-refractivity contribution in [3.63, 3.8) is 0 Å². The molecule has 1 aromatic heterocycles. The molecule has 0 amide bonds. The molecule has 4 nitrogen and oxygen atoms in total. The van der Waals surface area contributed by atoms with Crippen LogP contribution in [0, 0.1) is 0 Å². The number of nitrogens with zero attached hydrogens (tertiary/aromatic N) is 2. The molecule has 120 valence electrons. The van der Waals surface area contributed by atoms with E-state index in [2.05, 4.69) is 51.7 Å². The van der Waals surface area contributed by atoms with E-state index in [1.54, 1.807) is 12.1 Å². The summed E-state index contributed by atoms with van der Waals surface area (Å²) < 4.78 is 5.79. The molecule has 1 heterocycles. The molecule has 0 radical (unpaired) electrons. The summed E-state index contributed by atoms with van der Waals surface area (Å²) in [7, 11) is 0. The Hall–Kier alpha value is -1.49. The summed E-state index contributed by atoms with van der Waals surface area (Å²) in [5.74, 6) is 0.780. The minimum atomic E-state index is -0.151. The van der Waals surface area contributed by atoms with Gasteiger partial charge in [0.05, 0.1) is 0 Å². The van der Waals surface area contributed by atoms with E-state index in [1.807, 2.05) is 6.26 Å². The molecule has 0 unspecified atom stereocenters. The van der Waals surface area contributed by atoms with Crippen LogP contribution in [-0.4, -0.2) is 21.6 Å². The van der Waals surface area contributed by atoms with E-state index in [1.165, 1.54) is 11.8 Å². The lowest BCUT2D eigenvalue weighted by Gasteiger charge is -2.28. The number of aromatic hydroxyl groups is 1. The first-order chi connectivity index (χ1) is 10.0. The second-order valence-corrected chi connectivity index (χ2v) is 8.25. The Balaban J connectivity index is 2.82. The summed E-state index contributed by atoms with van der Waals surface area (Å²) >= 11 is 1.42. The predicted molar refractivity (Wildman–Crippen MR) is 90.6 cm³/mol. The molecular formula is C17H24N2O2S. The van der Waals surface area contributed by atoms with Crippen molar-refractivity contribution in [2.24, 2.45) is 0 Å². The molecule has 2 aromatic rings. The molecule has 1 N–H and O–H groups in total. The minimum absolute atomic E-state index is 0.151. The van der Waals surface area contributed by atoms with Gasteiger partial charge in [-0.3, -0.25) is 0 Å². The average Bonchev–Trinajstić information content (AvgIpc) is 2.84. The second-order valence-electron chi connectivity index (χ2n) is 7.49. The van der Waals surface area contributed by atoms with Gasteiger partial charge in [-0.1, -0.05) is 53.3 Å². The van der Waals surface area contributed by atoms with E-state index in [0.717, 1.165) is 16.7 Å². The Labute approximate surface area is 136 Å². The van der Waals surface area contributed by atoms with Crippen LogP contribution in [0.1, 0.15) is 52.7 Å². The quantitative estimate of drug-likeness (QED) is 0.808. The summed E-state index contributed by atoms with van der Waals surface area (Å²) in [6.07, 6.45) is 1.91. The maximum Gasteiger partial charge on any atom is 0.276 e. The van der Waals surface area contributed by atoms with Gasteiger partial charge in [0.25, 0.3) is 5.22 Å². The van der Waals surface area contributed by atoms with Gasteiger partial charge in [-0.25, -0.2) is 0 Å². The fraction of sp³-hybridized carbons (Fsp3) is 0.529. The number of hydrogen-bond donors (Lipinski definition) is 1. The van der Waals surface area contributed by atoms with E-state index in [4.69, 9.17) is 4.42 Å². The van der Waals surface area contributed by atoms with Crippen LogP contribution in [0.25, 0.3) is 11.5 Å². The standard InChI is InChI=1S/C17H24N2O2S/c1-16(2,3)11-8-10(20)9-12(17(4,5)6)13(11)14-18-19-15(21-14)22-7/h8-9,20H,1-7H3. The van der Waals surface area contributed by atoms with Crippen molar-refractivity contribution in [3.8, 4) is 17.2 Å². The van der Waals surface area contributed by atoms with Crippen molar-refractivity contribution in [3.05, 3.63) is 23.3 Å². The lowest BCUT2D eigenvalue weighted by atomic mass is 9.76. The van der Waals surface area contributed by atoms with E-state index in [0.29, 0.717) is 11.1 Å². The van der Waals surface area contributed by atoms with Crippen LogP contribution in [0.2, 0.25) is 0 Å². The number of aromatic nitrogens is 2. The van der Waals surface area contributed by atoms with Gasteiger partial charge >= 0.3 is 0 Å². The van der Waals surface area contributed by atoms with Gasteiger partial charge in [-0.15, -0.1) is 10.2 Å². The fourth-order valence-corrected chi connectivity index (χ4v) is 2.72. The highest BCUT2D eigenvalue weighted by atomic mass is 32.2. The number of thioether (sulfide) groups is 1. The first-order valence-electron chi connectivity index (χ1n) is 7.30. The van der Waals surface area contributed by atoms with Crippen LogP contribution >= 0.6 is 11.8 Å². The topological polar surface area (TPSA) is 59.2 Å². The molecule has 0 saturated carbocycles. The van der Waals surface area contributed by atoms with Gasteiger partial charge in [0.2, 0.25) is 5.89 Å². The molecule has 5 heteroatoms. The SMILES string of the molecule is CSc1nnc(-c2c(C(C)(C)C)cc(O)cc2C(C)(C)C)o1. The van der Waals surface area contributed by atoms with Crippen LogP contribution in [0.3, 0.4) is 0 Å². The number of rotatable bonds is 2. The predicted octanol–water partition coefficient (Wildman–Crippen LogP) is 4.76. The molecule has 0 aliphatic rings. The van der Waals surface area contributed by atoms with Crippen molar-refractivity contribution in [1.29, 1.82) is 0 Å². The fourth-order valence-electron chi connectivity index (χ4n) is 2.43. The highest BCUT2D eigenvalue weighted by molar-refractivity contribution is 7.98. The summed E-state index contributed by atoms with van der Waals surface area (Å²) in [6, 6.07) is 3.60. The summed E-state index contributed by atoms with van der Waals surface area (Å²) in [6.45, 7) is 12.7. The molecule has 2 rings (SSSR count). The molecule has 0 aliphatic heterocycles. The molecule has 0 fully saturated rings. The smallest absolute Gasteiger partial charge is 0.276 e. The molecule has 0 spiro atoms. The molecular weight excluding hydrogens is 296 g/mol. The maximum absolute atomic E-state index is 10.2. The Kier molecular flexibility index (Phi) is 4.30. The molecule has 0 aliphatic carbocycles. The molecule has 0 bridgehead atoms. The first kappa shape index (κ1) is 16.9. The van der Waals surface area contributed by atoms with Crippen LogP contribution < -0.4 is 0 Å². The zero-order valence-corrected chi connectivity index (χ0v) is 15.1. The number of hydrogen-bond acceptors (Lipinski definition) is 5. The van der Waals surface area contributed by atoms with E-state index >= 15 is 0 Å². The van der Waals surface area contributed by atoms with Gasteiger partial charge < -0.3 is 9.52 Å². The van der Waals surface area contributed by atoms with Crippen LogP contribution in [0.4, 0.5) is 0 Å². The summed E-state index contributed by atoms with van der Waals surface area (Å²) in [4.78, 5) is 0. The zero-order chi connectivity index (χ0) is 16.7. The third-order valence-electron chi connectivity index (χ3n) is 3.53. The van der Waals surface area contributed by atoms with Gasteiger partial charge in [-0.2, -0.15) is 0 Å². The van der Waals surface area contributed by atoms with E-state index < -0.39 is 0 Å². The number of benzene rings is 1. The Morgan fingerprint density at radius 1 is 0.955 bits per heavy atom. The van der Waals surface area contributed by atoms with Crippen molar-refractivity contribution in [2.45, 2.75) is 57.6 Å². The van der Waals surface area contributed by atoms with E-state index in [9.17, 15) is 5.11 Å². The van der Waals surface area contributed by atoms with Crippen molar-refractivity contribution < 1.29 is 9.52 Å². The zero-order valence-electron chi connectivity index (χ0n) is 14.3. The third-order valence-corrected chi connectivity index (χ3v) is 4.05. The van der Waals surface area contributed by atoms with Gasteiger partial charge in [0, 0.05) is 5.56 Å². The number of phenols is 1. The first-order valence-corrected chi connectivity index (χ1v) is 8.52. The van der Waals surface area contributed by atoms with Gasteiger partial charge in [0.15, 0.2) is 0 Å². The highest BCUT2D eigenvalue weighted by Crippen LogP contribution is 2.42. The average molecular weight is 320 g/mol. The lowest BCUT2D eigenvalue weighted by Crippen LogP contribution is -2.19. The van der Waals surface area contributed by atoms with Crippen molar-refractivity contribution in [2.75, 3.05) is 6.26 Å². The van der Waals surface area contributed by atoms with Gasteiger partial charge in [-0.05, 0) is 40.3 Å². The Morgan fingerprint density at radius 3 is 1.82 bits per heavy atom. The molecule has 0 saturated heterocycles. The number of phenolic OH excluding ortho intramolecular Hbond substituents is 1. The van der Waals surface area contributed by atoms with Gasteiger partial charge in [0.1, 0.15) is 5.75 Å². The minimum Gasteiger partial charge on any atom is -0.508 e.